The lowest BCUT2D eigenvalue weighted by atomic mass is 10.2. The molecule has 0 saturated carbocycles. The molecule has 25 heavy (non-hydrogen) atoms. The largest absolute Gasteiger partial charge is 0.485 e. The number of hydrogen-bond donors (Lipinski definition) is 3. The second kappa shape index (κ2) is 9.07. The Morgan fingerprint density at radius 3 is 2.80 bits per heavy atom. The van der Waals surface area contributed by atoms with Gasteiger partial charge in [0.15, 0.2) is 5.82 Å². The summed E-state index contributed by atoms with van der Waals surface area (Å²) in [6, 6.07) is 7.14. The zero-order valence-electron chi connectivity index (χ0n) is 14.3. The maximum absolute atomic E-state index is 11.7. The summed E-state index contributed by atoms with van der Waals surface area (Å²) in [7, 11) is 0. The van der Waals surface area contributed by atoms with Crippen molar-refractivity contribution in [3.8, 4) is 5.75 Å². The molecule has 0 unspecified atom stereocenters. The highest BCUT2D eigenvalue weighted by atomic mass is 32.2. The number of hydrogen-bond acceptors (Lipinski definition) is 6. The van der Waals surface area contributed by atoms with Gasteiger partial charge in [-0.2, -0.15) is 0 Å². The minimum atomic E-state index is -0.511. The van der Waals surface area contributed by atoms with Gasteiger partial charge in [-0.05, 0) is 32.4 Å². The number of aryl methyl sites for hydroxylation is 1. The zero-order valence-corrected chi connectivity index (χ0v) is 15.1. The van der Waals surface area contributed by atoms with Crippen molar-refractivity contribution in [3.63, 3.8) is 0 Å². The fourth-order valence-electron chi connectivity index (χ4n) is 1.86. The first kappa shape index (κ1) is 18.8. The first-order chi connectivity index (χ1) is 11.9. The summed E-state index contributed by atoms with van der Waals surface area (Å²) in [5, 5.41) is 12.0. The molecule has 9 heteroatoms. The van der Waals surface area contributed by atoms with Crippen LogP contribution in [0.5, 0.6) is 5.75 Å². The smallest absolute Gasteiger partial charge is 0.321 e. The summed E-state index contributed by atoms with van der Waals surface area (Å²) < 4.78 is 5.68. The number of aromatic amines is 1. The van der Waals surface area contributed by atoms with E-state index in [-0.39, 0.29) is 18.4 Å². The molecule has 0 radical (unpaired) electrons. The molecule has 134 valence electrons. The molecule has 1 aromatic heterocycles. The number of nitrogens with zero attached hydrogens (tertiary/aromatic N) is 2. The Kier molecular flexibility index (Phi) is 6.81. The molecule has 0 aliphatic heterocycles. The molecule has 1 heterocycles. The van der Waals surface area contributed by atoms with Crippen molar-refractivity contribution in [2.24, 2.45) is 0 Å². The van der Waals surface area contributed by atoms with Crippen molar-refractivity contribution in [1.82, 2.24) is 25.8 Å². The van der Waals surface area contributed by atoms with Crippen molar-refractivity contribution in [1.29, 1.82) is 0 Å². The normalized spacial score (nSPS) is 10.6. The van der Waals surface area contributed by atoms with Crippen LogP contribution in [0.3, 0.4) is 0 Å². The number of nitrogens with one attached hydrogen (secondary N) is 3. The number of urea groups is 1. The number of carbonyl (C=O) groups excluding carboxylic acids is 2. The van der Waals surface area contributed by atoms with Gasteiger partial charge in [-0.1, -0.05) is 30.0 Å². The van der Waals surface area contributed by atoms with Crippen LogP contribution in [0.2, 0.25) is 0 Å². The van der Waals surface area contributed by atoms with Gasteiger partial charge in [0.2, 0.25) is 11.1 Å². The Morgan fingerprint density at radius 2 is 2.08 bits per heavy atom. The number of imide groups is 1. The summed E-state index contributed by atoms with van der Waals surface area (Å²) in [6.45, 7) is 5.84. The Bertz CT molecular complexity index is 732. The lowest BCUT2D eigenvalue weighted by Gasteiger charge is -2.08. The number of benzene rings is 1. The quantitative estimate of drug-likeness (QED) is 0.649. The molecule has 0 atom stereocenters. The topological polar surface area (TPSA) is 109 Å². The molecule has 2 aromatic rings. The molecule has 0 spiro atoms. The molecule has 0 fully saturated rings. The van der Waals surface area contributed by atoms with E-state index >= 15 is 0 Å². The minimum Gasteiger partial charge on any atom is -0.485 e. The Balaban J connectivity index is 1.76. The van der Waals surface area contributed by atoms with Crippen LogP contribution in [-0.2, 0) is 11.4 Å². The highest BCUT2D eigenvalue weighted by Crippen LogP contribution is 2.18. The highest BCUT2D eigenvalue weighted by molar-refractivity contribution is 7.99. The number of carbonyl (C=O) groups is 2. The highest BCUT2D eigenvalue weighted by Gasteiger charge is 2.11. The maximum atomic E-state index is 11.7. The molecule has 8 nitrogen and oxygen atoms in total. The molecule has 2 rings (SSSR count). The standard InChI is InChI=1S/C16H21N5O3S/c1-10(2)17-15(23)19-14(22)9-25-16-18-13(20-21-16)8-24-12-7-5-4-6-11(12)3/h4-7,10H,8-9H2,1-3H3,(H,18,20,21)(H2,17,19,22,23). The molecule has 3 amide bonds. The fraction of sp³-hybridized carbons (Fsp3) is 0.375. The molecule has 0 bridgehead atoms. The van der Waals surface area contributed by atoms with Crippen LogP contribution in [-0.4, -0.2) is 38.9 Å². The van der Waals surface area contributed by atoms with E-state index in [1.807, 2.05) is 45.0 Å². The summed E-state index contributed by atoms with van der Waals surface area (Å²) in [5.41, 5.74) is 1.04. The number of thioether (sulfide) groups is 1. The van der Waals surface area contributed by atoms with E-state index in [1.54, 1.807) is 0 Å². The van der Waals surface area contributed by atoms with Gasteiger partial charge < -0.3 is 10.1 Å². The fourth-order valence-corrected chi connectivity index (χ4v) is 2.48. The molecule has 0 saturated heterocycles. The second-order valence-electron chi connectivity index (χ2n) is 5.58. The third kappa shape index (κ3) is 6.46. The van der Waals surface area contributed by atoms with E-state index in [0.717, 1.165) is 23.1 Å². The second-order valence-corrected chi connectivity index (χ2v) is 6.53. The van der Waals surface area contributed by atoms with Crippen molar-refractivity contribution < 1.29 is 14.3 Å². The van der Waals surface area contributed by atoms with Gasteiger partial charge >= 0.3 is 6.03 Å². The van der Waals surface area contributed by atoms with Crippen molar-refractivity contribution >= 4 is 23.7 Å². The van der Waals surface area contributed by atoms with E-state index in [9.17, 15) is 9.59 Å². The molecular formula is C16H21N5O3S. The molecule has 0 aliphatic carbocycles. The number of para-hydroxylation sites is 1. The SMILES string of the molecule is Cc1ccccc1OCc1nc(SCC(=O)NC(=O)NC(C)C)n[nH]1. The third-order valence-corrected chi connectivity index (χ3v) is 3.82. The van der Waals surface area contributed by atoms with Crippen LogP contribution in [0, 0.1) is 6.92 Å². The van der Waals surface area contributed by atoms with Crippen LogP contribution in [0.25, 0.3) is 0 Å². The van der Waals surface area contributed by atoms with Crippen LogP contribution >= 0.6 is 11.8 Å². The number of ether oxygens (including phenoxy) is 1. The van der Waals surface area contributed by atoms with E-state index in [4.69, 9.17) is 4.74 Å². The summed E-state index contributed by atoms with van der Waals surface area (Å²) in [6.07, 6.45) is 0. The van der Waals surface area contributed by atoms with Crippen LogP contribution in [0.1, 0.15) is 25.2 Å². The van der Waals surface area contributed by atoms with Crippen LogP contribution in [0.4, 0.5) is 4.79 Å². The predicted octanol–water partition coefficient (Wildman–Crippen LogP) is 2.02. The van der Waals surface area contributed by atoms with E-state index in [1.165, 1.54) is 0 Å². The Labute approximate surface area is 150 Å². The molecule has 0 aliphatic rings. The summed E-state index contributed by atoms with van der Waals surface area (Å²) in [4.78, 5) is 27.3. The molecule has 1 aromatic carbocycles. The average Bonchev–Trinajstić information content (AvgIpc) is 2.99. The monoisotopic (exact) mass is 363 g/mol. The van der Waals surface area contributed by atoms with Gasteiger partial charge in [-0.3, -0.25) is 15.2 Å². The lowest BCUT2D eigenvalue weighted by Crippen LogP contribution is -2.43. The number of rotatable bonds is 7. The number of H-pyrrole nitrogens is 1. The zero-order chi connectivity index (χ0) is 18.2. The summed E-state index contributed by atoms with van der Waals surface area (Å²) >= 11 is 1.13. The number of aromatic nitrogens is 3. The first-order valence-corrected chi connectivity index (χ1v) is 8.75. The van der Waals surface area contributed by atoms with Crippen molar-refractivity contribution in [3.05, 3.63) is 35.7 Å². The lowest BCUT2D eigenvalue weighted by molar-refractivity contribution is -0.117. The maximum Gasteiger partial charge on any atom is 0.321 e. The van der Waals surface area contributed by atoms with Gasteiger partial charge in [0.05, 0.1) is 5.75 Å². The van der Waals surface area contributed by atoms with Crippen LogP contribution in [0.15, 0.2) is 29.4 Å². The van der Waals surface area contributed by atoms with Gasteiger partial charge in [0.25, 0.3) is 0 Å². The third-order valence-electron chi connectivity index (χ3n) is 2.97. The van der Waals surface area contributed by atoms with Crippen LogP contribution < -0.4 is 15.4 Å². The Hall–Kier alpha value is -2.55. The molecule has 3 N–H and O–H groups in total. The van der Waals surface area contributed by atoms with Gasteiger partial charge in [0, 0.05) is 6.04 Å². The average molecular weight is 363 g/mol. The van der Waals surface area contributed by atoms with Crippen molar-refractivity contribution in [2.45, 2.75) is 38.6 Å². The van der Waals surface area contributed by atoms with Gasteiger partial charge in [-0.15, -0.1) is 5.10 Å². The minimum absolute atomic E-state index is 0.0377. The van der Waals surface area contributed by atoms with Gasteiger partial charge in [0.1, 0.15) is 12.4 Å². The Morgan fingerprint density at radius 1 is 1.32 bits per heavy atom. The van der Waals surface area contributed by atoms with E-state index < -0.39 is 11.9 Å². The van der Waals surface area contributed by atoms with Crippen molar-refractivity contribution in [2.75, 3.05) is 5.75 Å². The van der Waals surface area contributed by atoms with Gasteiger partial charge in [-0.25, -0.2) is 9.78 Å². The van der Waals surface area contributed by atoms with E-state index in [2.05, 4.69) is 25.8 Å². The first-order valence-electron chi connectivity index (χ1n) is 7.77. The van der Waals surface area contributed by atoms with E-state index in [0.29, 0.717) is 11.0 Å². The number of amides is 3. The molecular weight excluding hydrogens is 342 g/mol. The summed E-state index contributed by atoms with van der Waals surface area (Å²) in [5.74, 6) is 0.972. The predicted molar refractivity (Wildman–Crippen MR) is 94.4 cm³/mol.